The highest BCUT2D eigenvalue weighted by atomic mass is 32.1. The van der Waals surface area contributed by atoms with E-state index in [2.05, 4.69) is 10.3 Å². The van der Waals surface area contributed by atoms with Gasteiger partial charge in [-0.05, 0) is 54.1 Å². The molecule has 0 aliphatic carbocycles. The van der Waals surface area contributed by atoms with Gasteiger partial charge in [-0.25, -0.2) is 9.37 Å². The number of nitrogens with one attached hydrogen (secondary N) is 1. The lowest BCUT2D eigenvalue weighted by Gasteiger charge is -2.03. The lowest BCUT2D eigenvalue weighted by atomic mass is 10.1. The predicted molar refractivity (Wildman–Crippen MR) is 114 cm³/mol. The second-order valence-corrected chi connectivity index (χ2v) is 7.33. The minimum atomic E-state index is -0.469. The maximum absolute atomic E-state index is 13.4. The van der Waals surface area contributed by atoms with Crippen molar-refractivity contribution in [3.05, 3.63) is 100 Å². The Hall–Kier alpha value is -3.91. The number of aromatic nitrogens is 1. The fraction of sp³-hybridized carbons (Fsp3) is 0. The van der Waals surface area contributed by atoms with Gasteiger partial charge in [0, 0.05) is 23.3 Å². The van der Waals surface area contributed by atoms with Gasteiger partial charge in [-0.1, -0.05) is 29.5 Å². The number of carbonyl (C=O) groups excluding carboxylic acids is 1. The molecular formula is C22H14FN3O3S. The molecular weight excluding hydrogens is 405 g/mol. The molecule has 1 aromatic heterocycles. The number of nitro groups is 1. The maximum Gasteiger partial charge on any atom is 0.269 e. The van der Waals surface area contributed by atoms with E-state index in [1.807, 2.05) is 6.07 Å². The smallest absolute Gasteiger partial charge is 0.269 e. The van der Waals surface area contributed by atoms with Crippen molar-refractivity contribution in [3.63, 3.8) is 0 Å². The summed E-state index contributed by atoms with van der Waals surface area (Å²) < 4.78 is 13.4. The molecule has 3 aromatic carbocycles. The molecule has 1 N–H and O–H groups in total. The summed E-state index contributed by atoms with van der Waals surface area (Å²) in [5.74, 6) is -0.672. The van der Waals surface area contributed by atoms with Gasteiger partial charge in [-0.3, -0.25) is 20.2 Å². The van der Waals surface area contributed by atoms with Crippen LogP contribution < -0.4 is 5.32 Å². The maximum atomic E-state index is 13.4. The van der Waals surface area contributed by atoms with Crippen LogP contribution in [0.5, 0.6) is 0 Å². The third-order valence-electron chi connectivity index (χ3n) is 4.34. The van der Waals surface area contributed by atoms with Gasteiger partial charge in [0.25, 0.3) is 11.6 Å². The summed E-state index contributed by atoms with van der Waals surface area (Å²) in [6.45, 7) is 0. The number of benzene rings is 3. The van der Waals surface area contributed by atoms with Gasteiger partial charge in [0.15, 0.2) is 5.13 Å². The molecule has 1 amide bonds. The number of nitrogens with zero attached hydrogens (tertiary/aromatic N) is 2. The number of rotatable bonds is 5. The van der Waals surface area contributed by atoms with E-state index < -0.39 is 4.92 Å². The Morgan fingerprint density at radius 3 is 2.20 bits per heavy atom. The van der Waals surface area contributed by atoms with E-state index in [1.54, 1.807) is 48.5 Å². The summed E-state index contributed by atoms with van der Waals surface area (Å²) in [6.07, 6.45) is 0. The zero-order valence-electron chi connectivity index (χ0n) is 15.4. The molecule has 0 atom stereocenters. The first kappa shape index (κ1) is 19.4. The second-order valence-electron chi connectivity index (χ2n) is 6.33. The second kappa shape index (κ2) is 8.22. The van der Waals surface area contributed by atoms with Crippen LogP contribution in [0.4, 0.5) is 15.2 Å². The minimum absolute atomic E-state index is 0.0239. The highest BCUT2D eigenvalue weighted by Crippen LogP contribution is 2.39. The molecule has 4 aromatic rings. The van der Waals surface area contributed by atoms with Gasteiger partial charge in [0.2, 0.25) is 0 Å². The van der Waals surface area contributed by atoms with Crippen molar-refractivity contribution in [2.75, 3.05) is 5.32 Å². The fourth-order valence-corrected chi connectivity index (χ4v) is 3.85. The molecule has 1 heterocycles. The van der Waals surface area contributed by atoms with Crippen LogP contribution in [0.1, 0.15) is 10.4 Å². The average Bonchev–Trinajstić information content (AvgIpc) is 3.18. The first-order chi connectivity index (χ1) is 14.5. The standard InChI is InChI=1S/C22H14FN3O3S/c23-17-10-6-14(7-11-17)19-20(15-8-12-18(13-9-15)26(28)29)30-22(24-19)25-21(27)16-4-2-1-3-5-16/h1-13H,(H,24,25,27). The van der Waals surface area contributed by atoms with E-state index in [0.717, 1.165) is 0 Å². The summed E-state index contributed by atoms with van der Waals surface area (Å²) in [5.41, 5.74) is 2.40. The summed E-state index contributed by atoms with van der Waals surface area (Å²) in [7, 11) is 0. The van der Waals surface area contributed by atoms with E-state index in [4.69, 9.17) is 0 Å². The SMILES string of the molecule is O=C(Nc1nc(-c2ccc(F)cc2)c(-c2ccc([N+](=O)[O-])cc2)s1)c1ccccc1. The molecule has 0 aliphatic heterocycles. The molecule has 0 saturated carbocycles. The van der Waals surface area contributed by atoms with Crippen molar-refractivity contribution in [3.8, 4) is 21.7 Å². The fourth-order valence-electron chi connectivity index (χ4n) is 2.87. The topological polar surface area (TPSA) is 85.1 Å². The molecule has 8 heteroatoms. The van der Waals surface area contributed by atoms with Gasteiger partial charge >= 0.3 is 0 Å². The first-order valence-electron chi connectivity index (χ1n) is 8.89. The van der Waals surface area contributed by atoms with Crippen LogP contribution in [0.2, 0.25) is 0 Å². The minimum Gasteiger partial charge on any atom is -0.298 e. The van der Waals surface area contributed by atoms with E-state index in [-0.39, 0.29) is 17.4 Å². The van der Waals surface area contributed by atoms with E-state index >= 15 is 0 Å². The number of anilines is 1. The monoisotopic (exact) mass is 419 g/mol. The summed E-state index contributed by atoms with van der Waals surface area (Å²) in [5, 5.41) is 14.1. The number of hydrogen-bond acceptors (Lipinski definition) is 5. The van der Waals surface area contributed by atoms with Crippen LogP contribution in [-0.4, -0.2) is 15.8 Å². The summed E-state index contributed by atoms with van der Waals surface area (Å²) >= 11 is 1.24. The number of thiazole rings is 1. The van der Waals surface area contributed by atoms with Crippen molar-refractivity contribution in [2.45, 2.75) is 0 Å². The van der Waals surface area contributed by atoms with Gasteiger partial charge in [0.1, 0.15) is 5.82 Å². The predicted octanol–water partition coefficient (Wildman–Crippen LogP) is 5.78. The van der Waals surface area contributed by atoms with Crippen LogP contribution in [0.3, 0.4) is 0 Å². The van der Waals surface area contributed by atoms with Gasteiger partial charge in [-0.2, -0.15) is 0 Å². The number of carbonyl (C=O) groups is 1. The van der Waals surface area contributed by atoms with Gasteiger partial charge in [0.05, 0.1) is 15.5 Å². The molecule has 0 radical (unpaired) electrons. The Labute approximate surface area is 174 Å². The lowest BCUT2D eigenvalue weighted by Crippen LogP contribution is -2.11. The first-order valence-corrected chi connectivity index (χ1v) is 9.71. The lowest BCUT2D eigenvalue weighted by molar-refractivity contribution is -0.384. The Morgan fingerprint density at radius 2 is 1.57 bits per heavy atom. The molecule has 0 bridgehead atoms. The van der Waals surface area contributed by atoms with Crippen molar-refractivity contribution in [1.82, 2.24) is 4.98 Å². The number of amides is 1. The Kier molecular flexibility index (Phi) is 5.32. The Balaban J connectivity index is 1.74. The molecule has 0 saturated heterocycles. The number of nitro benzene ring substituents is 1. The van der Waals surface area contributed by atoms with E-state index in [9.17, 15) is 19.3 Å². The molecule has 6 nitrogen and oxygen atoms in total. The van der Waals surface area contributed by atoms with Crippen LogP contribution in [-0.2, 0) is 0 Å². The van der Waals surface area contributed by atoms with Crippen molar-refractivity contribution >= 4 is 28.1 Å². The normalized spacial score (nSPS) is 10.6. The van der Waals surface area contributed by atoms with Crippen molar-refractivity contribution in [2.24, 2.45) is 0 Å². The molecule has 4 rings (SSSR count). The molecule has 0 fully saturated rings. The summed E-state index contributed by atoms with van der Waals surface area (Å²) in [4.78, 5) is 28.2. The highest BCUT2D eigenvalue weighted by Gasteiger charge is 2.18. The highest BCUT2D eigenvalue weighted by molar-refractivity contribution is 7.19. The largest absolute Gasteiger partial charge is 0.298 e. The van der Waals surface area contributed by atoms with E-state index in [0.29, 0.717) is 32.4 Å². The Bertz CT molecular complexity index is 1210. The number of non-ortho nitro benzene ring substituents is 1. The van der Waals surface area contributed by atoms with Gasteiger partial charge in [-0.15, -0.1) is 0 Å². The van der Waals surface area contributed by atoms with Gasteiger partial charge < -0.3 is 0 Å². The molecule has 0 spiro atoms. The summed E-state index contributed by atoms with van der Waals surface area (Å²) in [6, 6.07) is 20.7. The van der Waals surface area contributed by atoms with Crippen LogP contribution in [0.15, 0.2) is 78.9 Å². The Morgan fingerprint density at radius 1 is 0.933 bits per heavy atom. The number of hydrogen-bond donors (Lipinski definition) is 1. The third kappa shape index (κ3) is 4.08. The molecule has 0 aliphatic rings. The molecule has 30 heavy (non-hydrogen) atoms. The van der Waals surface area contributed by atoms with Crippen molar-refractivity contribution < 1.29 is 14.1 Å². The number of halogens is 1. The van der Waals surface area contributed by atoms with Crippen LogP contribution in [0, 0.1) is 15.9 Å². The average molecular weight is 419 g/mol. The molecule has 148 valence electrons. The van der Waals surface area contributed by atoms with E-state index in [1.165, 1.54) is 35.6 Å². The van der Waals surface area contributed by atoms with Crippen molar-refractivity contribution in [1.29, 1.82) is 0 Å². The van der Waals surface area contributed by atoms with Crippen LogP contribution in [0.25, 0.3) is 21.7 Å². The zero-order valence-corrected chi connectivity index (χ0v) is 16.2. The van der Waals surface area contributed by atoms with Crippen LogP contribution >= 0.6 is 11.3 Å². The zero-order chi connectivity index (χ0) is 21.1. The molecule has 0 unspecified atom stereocenters. The quantitative estimate of drug-likeness (QED) is 0.328. The third-order valence-corrected chi connectivity index (χ3v) is 5.36.